The lowest BCUT2D eigenvalue weighted by atomic mass is 10.2. The van der Waals surface area contributed by atoms with Gasteiger partial charge in [-0.2, -0.15) is 15.0 Å². The van der Waals surface area contributed by atoms with Gasteiger partial charge in [-0.1, -0.05) is 6.07 Å². The Kier molecular flexibility index (Phi) is 3.46. The highest BCUT2D eigenvalue weighted by Gasteiger charge is 2.08. The van der Waals surface area contributed by atoms with Crippen LogP contribution in [0.5, 0.6) is 0 Å². The molecule has 1 aromatic carbocycles. The first-order chi connectivity index (χ1) is 8.95. The van der Waals surface area contributed by atoms with E-state index in [1.807, 2.05) is 6.92 Å². The number of nitrogen functional groups attached to an aromatic ring is 1. The van der Waals surface area contributed by atoms with Crippen molar-refractivity contribution in [2.24, 2.45) is 0 Å². The summed E-state index contributed by atoms with van der Waals surface area (Å²) in [5.74, 6) is 0.314. The van der Waals surface area contributed by atoms with Gasteiger partial charge in [0, 0.05) is 14.1 Å². The van der Waals surface area contributed by atoms with Gasteiger partial charge in [-0.15, -0.1) is 0 Å². The van der Waals surface area contributed by atoms with Crippen molar-refractivity contribution in [1.29, 1.82) is 0 Å². The van der Waals surface area contributed by atoms with E-state index in [0.29, 0.717) is 11.6 Å². The highest BCUT2D eigenvalue weighted by molar-refractivity contribution is 5.57. The van der Waals surface area contributed by atoms with E-state index in [0.717, 1.165) is 5.56 Å². The van der Waals surface area contributed by atoms with Crippen molar-refractivity contribution in [2.45, 2.75) is 6.92 Å². The fraction of sp³-hybridized carbons (Fsp3) is 0.250. The largest absolute Gasteiger partial charge is 0.368 e. The van der Waals surface area contributed by atoms with Crippen LogP contribution >= 0.6 is 0 Å². The summed E-state index contributed by atoms with van der Waals surface area (Å²) in [5, 5.41) is 2.81. The molecule has 0 aliphatic rings. The number of halogens is 1. The smallest absolute Gasteiger partial charge is 0.233 e. The minimum Gasteiger partial charge on any atom is -0.368 e. The number of anilines is 4. The molecule has 2 aromatic rings. The summed E-state index contributed by atoms with van der Waals surface area (Å²) >= 11 is 0. The summed E-state index contributed by atoms with van der Waals surface area (Å²) in [4.78, 5) is 13.7. The van der Waals surface area contributed by atoms with Crippen molar-refractivity contribution < 1.29 is 4.39 Å². The molecule has 1 aromatic heterocycles. The topological polar surface area (TPSA) is 80.0 Å². The van der Waals surface area contributed by atoms with Crippen LogP contribution in [0, 0.1) is 12.7 Å². The molecule has 6 nitrogen and oxygen atoms in total. The van der Waals surface area contributed by atoms with Gasteiger partial charge in [0.1, 0.15) is 5.82 Å². The lowest BCUT2D eigenvalue weighted by molar-refractivity contribution is 0.631. The molecule has 2 rings (SSSR count). The van der Waals surface area contributed by atoms with Crippen molar-refractivity contribution in [1.82, 2.24) is 15.0 Å². The molecule has 0 aliphatic carbocycles. The molecule has 0 saturated heterocycles. The van der Waals surface area contributed by atoms with Crippen LogP contribution in [0.4, 0.5) is 27.9 Å². The number of rotatable bonds is 3. The Morgan fingerprint density at radius 3 is 2.63 bits per heavy atom. The molecule has 7 heteroatoms. The molecular weight excluding hydrogens is 247 g/mol. The zero-order valence-electron chi connectivity index (χ0n) is 11.0. The first-order valence-electron chi connectivity index (χ1n) is 5.68. The zero-order chi connectivity index (χ0) is 14.0. The fourth-order valence-corrected chi connectivity index (χ4v) is 1.49. The van der Waals surface area contributed by atoms with E-state index in [4.69, 9.17) is 5.73 Å². The highest BCUT2D eigenvalue weighted by atomic mass is 19.1. The summed E-state index contributed by atoms with van der Waals surface area (Å²) in [5.41, 5.74) is 6.83. The van der Waals surface area contributed by atoms with Crippen LogP contribution in [0.3, 0.4) is 0 Å². The molecule has 100 valence electrons. The summed E-state index contributed by atoms with van der Waals surface area (Å²) in [7, 11) is 3.57. The van der Waals surface area contributed by atoms with Crippen LogP contribution in [0.2, 0.25) is 0 Å². The predicted octanol–water partition coefficient (Wildman–Crippen LogP) is 1.71. The molecule has 0 amide bonds. The second-order valence-electron chi connectivity index (χ2n) is 4.32. The summed E-state index contributed by atoms with van der Waals surface area (Å²) in [6, 6.07) is 4.74. The van der Waals surface area contributed by atoms with Crippen LogP contribution in [-0.4, -0.2) is 29.0 Å². The van der Waals surface area contributed by atoms with Crippen LogP contribution in [0.25, 0.3) is 0 Å². The summed E-state index contributed by atoms with van der Waals surface area (Å²) in [6.07, 6.45) is 0. The van der Waals surface area contributed by atoms with E-state index in [1.54, 1.807) is 31.1 Å². The minimum absolute atomic E-state index is 0.0780. The molecule has 0 radical (unpaired) electrons. The highest BCUT2D eigenvalue weighted by Crippen LogP contribution is 2.20. The maximum absolute atomic E-state index is 13.6. The van der Waals surface area contributed by atoms with Gasteiger partial charge >= 0.3 is 0 Å². The van der Waals surface area contributed by atoms with Crippen molar-refractivity contribution in [3.05, 3.63) is 29.6 Å². The first-order valence-corrected chi connectivity index (χ1v) is 5.68. The van der Waals surface area contributed by atoms with Gasteiger partial charge < -0.3 is 16.0 Å². The third-order valence-electron chi connectivity index (χ3n) is 2.41. The summed E-state index contributed by atoms with van der Waals surface area (Å²) in [6.45, 7) is 1.87. The zero-order valence-corrected chi connectivity index (χ0v) is 11.0. The Morgan fingerprint density at radius 2 is 1.95 bits per heavy atom. The van der Waals surface area contributed by atoms with E-state index < -0.39 is 0 Å². The number of aromatic nitrogens is 3. The molecule has 0 fully saturated rings. The Labute approximate surface area is 110 Å². The standard InChI is InChI=1S/C12H15FN6/c1-7-4-5-8(13)9(6-7)15-11-16-10(14)17-12(18-11)19(2)3/h4-6H,1-3H3,(H3,14,15,16,17,18). The molecule has 19 heavy (non-hydrogen) atoms. The predicted molar refractivity (Wildman–Crippen MR) is 73.0 cm³/mol. The van der Waals surface area contributed by atoms with Gasteiger partial charge in [0.15, 0.2) is 0 Å². The second kappa shape index (κ2) is 5.05. The van der Waals surface area contributed by atoms with Crippen LogP contribution in [-0.2, 0) is 0 Å². The van der Waals surface area contributed by atoms with Gasteiger partial charge in [0.2, 0.25) is 17.8 Å². The van der Waals surface area contributed by atoms with Crippen LogP contribution < -0.4 is 16.0 Å². The number of nitrogens with zero attached hydrogens (tertiary/aromatic N) is 4. The van der Waals surface area contributed by atoms with Gasteiger partial charge in [0.05, 0.1) is 5.69 Å². The number of nitrogens with one attached hydrogen (secondary N) is 1. The van der Waals surface area contributed by atoms with Gasteiger partial charge in [-0.25, -0.2) is 4.39 Å². The quantitative estimate of drug-likeness (QED) is 0.876. The number of hydrogen-bond donors (Lipinski definition) is 2. The van der Waals surface area contributed by atoms with E-state index in [9.17, 15) is 4.39 Å². The second-order valence-corrected chi connectivity index (χ2v) is 4.32. The van der Waals surface area contributed by atoms with Crippen molar-refractivity contribution in [3.63, 3.8) is 0 Å². The first kappa shape index (κ1) is 13.0. The van der Waals surface area contributed by atoms with Crippen molar-refractivity contribution in [2.75, 3.05) is 30.0 Å². The molecule has 0 aliphatic heterocycles. The maximum Gasteiger partial charge on any atom is 0.233 e. The number of nitrogens with two attached hydrogens (primary N) is 1. The van der Waals surface area contributed by atoms with Gasteiger partial charge in [0.25, 0.3) is 0 Å². The van der Waals surface area contributed by atoms with Crippen molar-refractivity contribution in [3.8, 4) is 0 Å². The molecular formula is C12H15FN6. The molecule has 0 bridgehead atoms. The van der Waals surface area contributed by atoms with Gasteiger partial charge in [-0.05, 0) is 24.6 Å². The van der Waals surface area contributed by atoms with Crippen LogP contribution in [0.1, 0.15) is 5.56 Å². The Balaban J connectivity index is 2.35. The third-order valence-corrected chi connectivity index (χ3v) is 2.41. The SMILES string of the molecule is Cc1ccc(F)c(Nc2nc(N)nc(N(C)C)n2)c1. The molecule has 0 spiro atoms. The van der Waals surface area contributed by atoms with E-state index in [1.165, 1.54) is 6.07 Å². The van der Waals surface area contributed by atoms with Crippen LogP contribution in [0.15, 0.2) is 18.2 Å². The number of aryl methyl sites for hydroxylation is 1. The lowest BCUT2D eigenvalue weighted by Crippen LogP contribution is -2.15. The van der Waals surface area contributed by atoms with Gasteiger partial charge in [-0.3, -0.25) is 0 Å². The number of hydrogen-bond acceptors (Lipinski definition) is 6. The van der Waals surface area contributed by atoms with Crippen molar-refractivity contribution >= 4 is 23.5 Å². The fourth-order valence-electron chi connectivity index (χ4n) is 1.49. The average molecular weight is 262 g/mol. The minimum atomic E-state index is -0.379. The Bertz CT molecular complexity index is 599. The Morgan fingerprint density at radius 1 is 1.21 bits per heavy atom. The van der Waals surface area contributed by atoms with E-state index >= 15 is 0 Å². The molecule has 0 unspecified atom stereocenters. The van der Waals surface area contributed by atoms with E-state index in [-0.39, 0.29) is 17.7 Å². The molecule has 1 heterocycles. The molecule has 0 saturated carbocycles. The summed E-state index contributed by atoms with van der Waals surface area (Å²) < 4.78 is 13.6. The third kappa shape index (κ3) is 3.06. The monoisotopic (exact) mass is 262 g/mol. The maximum atomic E-state index is 13.6. The molecule has 3 N–H and O–H groups in total. The van der Waals surface area contributed by atoms with E-state index in [2.05, 4.69) is 20.3 Å². The average Bonchev–Trinajstić information content (AvgIpc) is 2.33. The normalized spacial score (nSPS) is 10.3. The molecule has 0 atom stereocenters. The number of benzene rings is 1. The lowest BCUT2D eigenvalue weighted by Gasteiger charge is -2.12. The Hall–Kier alpha value is -2.44.